The minimum Gasteiger partial charge on any atom is -0.300 e. The topological polar surface area (TPSA) is 54.9 Å². The van der Waals surface area contributed by atoms with Gasteiger partial charge >= 0.3 is 0 Å². The van der Waals surface area contributed by atoms with Gasteiger partial charge in [0.25, 0.3) is 0 Å². The summed E-state index contributed by atoms with van der Waals surface area (Å²) in [6.07, 6.45) is 0.138. The van der Waals surface area contributed by atoms with Crippen LogP contribution in [-0.4, -0.2) is 15.3 Å². The van der Waals surface area contributed by atoms with Gasteiger partial charge in [0.05, 0.1) is 10.9 Å². The molecule has 3 rings (SSSR count). The van der Waals surface area contributed by atoms with Crippen LogP contribution in [0.25, 0.3) is 11.4 Å². The maximum atomic E-state index is 13.2. The second kappa shape index (κ2) is 6.97. The van der Waals surface area contributed by atoms with E-state index in [1.807, 2.05) is 30.3 Å². The average Bonchev–Trinajstić information content (AvgIpc) is 3.00. The zero-order valence-corrected chi connectivity index (χ0v) is 14.2. The molecule has 0 fully saturated rings. The maximum absolute atomic E-state index is 13.2. The van der Waals surface area contributed by atoms with Crippen molar-refractivity contribution in [3.8, 4) is 11.4 Å². The van der Waals surface area contributed by atoms with E-state index < -0.39 is 0 Å². The number of carbonyl (C=O) groups is 1. The van der Waals surface area contributed by atoms with E-state index in [4.69, 9.17) is 0 Å². The molecule has 7 heteroatoms. The van der Waals surface area contributed by atoms with E-state index in [0.717, 1.165) is 17.1 Å². The molecule has 3 aromatic rings. The second-order valence-electron chi connectivity index (χ2n) is 4.76. The number of hydrogen-bond acceptors (Lipinski definition) is 4. The smallest absolute Gasteiger partial charge is 0.230 e. The van der Waals surface area contributed by atoms with Crippen LogP contribution in [0.1, 0.15) is 5.56 Å². The molecule has 1 aromatic heterocycles. The summed E-state index contributed by atoms with van der Waals surface area (Å²) in [5, 5.41) is 3.15. The van der Waals surface area contributed by atoms with Crippen molar-refractivity contribution in [1.82, 2.24) is 9.36 Å². The van der Waals surface area contributed by atoms with E-state index in [2.05, 4.69) is 30.6 Å². The van der Waals surface area contributed by atoms with Gasteiger partial charge in [0.1, 0.15) is 5.82 Å². The number of halogens is 2. The van der Waals surface area contributed by atoms with Crippen LogP contribution in [0.15, 0.2) is 53.0 Å². The third kappa shape index (κ3) is 4.00. The highest BCUT2D eigenvalue weighted by Gasteiger charge is 2.11. The van der Waals surface area contributed by atoms with Crippen molar-refractivity contribution in [3.63, 3.8) is 0 Å². The Hall–Kier alpha value is -2.12. The fourth-order valence-electron chi connectivity index (χ4n) is 1.98. The molecule has 0 unspecified atom stereocenters. The van der Waals surface area contributed by atoms with Gasteiger partial charge in [-0.1, -0.05) is 36.4 Å². The van der Waals surface area contributed by atoms with Crippen LogP contribution >= 0.6 is 27.5 Å². The van der Waals surface area contributed by atoms with Gasteiger partial charge in [-0.15, -0.1) is 0 Å². The Bertz CT molecular complexity index is 838. The molecule has 0 aliphatic carbocycles. The Labute approximate surface area is 144 Å². The molecule has 0 spiro atoms. The molecule has 0 saturated carbocycles. The first-order valence-corrected chi connectivity index (χ1v) is 8.31. The summed E-state index contributed by atoms with van der Waals surface area (Å²) in [6, 6.07) is 14.0. The summed E-state index contributed by atoms with van der Waals surface area (Å²) >= 11 is 4.23. The lowest BCUT2D eigenvalue weighted by molar-refractivity contribution is -0.115. The van der Waals surface area contributed by atoms with Gasteiger partial charge in [-0.2, -0.15) is 9.36 Å². The van der Waals surface area contributed by atoms with Gasteiger partial charge in [-0.25, -0.2) is 4.39 Å². The molecule has 1 heterocycles. The van der Waals surface area contributed by atoms with Crippen molar-refractivity contribution in [2.24, 2.45) is 0 Å². The van der Waals surface area contributed by atoms with E-state index in [1.54, 1.807) is 12.1 Å². The molecule has 2 aromatic carbocycles. The highest BCUT2D eigenvalue weighted by atomic mass is 79.9. The van der Waals surface area contributed by atoms with E-state index >= 15 is 0 Å². The Balaban J connectivity index is 1.66. The molecule has 1 N–H and O–H groups in total. The standard InChI is InChI=1S/C16H11BrFN3OS/c17-12-8-10(6-7-13(12)18)9-14(22)19-16-20-15(21-23-16)11-4-2-1-3-5-11/h1-8H,9H2,(H,19,20,21,22). The van der Waals surface area contributed by atoms with Crippen molar-refractivity contribution >= 4 is 38.5 Å². The van der Waals surface area contributed by atoms with Crippen LogP contribution < -0.4 is 5.32 Å². The van der Waals surface area contributed by atoms with E-state index in [0.29, 0.717) is 21.0 Å². The summed E-state index contributed by atoms with van der Waals surface area (Å²) in [5.41, 5.74) is 1.61. The zero-order valence-electron chi connectivity index (χ0n) is 11.8. The minimum absolute atomic E-state index is 0.138. The summed E-state index contributed by atoms with van der Waals surface area (Å²) < 4.78 is 17.8. The molecule has 0 bridgehead atoms. The number of aromatic nitrogens is 2. The Morgan fingerprint density at radius 2 is 2.00 bits per heavy atom. The van der Waals surface area contributed by atoms with Crippen molar-refractivity contribution in [2.75, 3.05) is 5.32 Å². The Morgan fingerprint density at radius 3 is 2.74 bits per heavy atom. The number of nitrogens with zero attached hydrogens (tertiary/aromatic N) is 2. The first-order valence-electron chi connectivity index (χ1n) is 6.75. The largest absolute Gasteiger partial charge is 0.300 e. The molecule has 0 saturated heterocycles. The number of carbonyl (C=O) groups excluding carboxylic acids is 1. The average molecular weight is 392 g/mol. The summed E-state index contributed by atoms with van der Waals surface area (Å²) in [6.45, 7) is 0. The molecule has 4 nitrogen and oxygen atoms in total. The number of benzene rings is 2. The van der Waals surface area contributed by atoms with E-state index in [9.17, 15) is 9.18 Å². The minimum atomic E-state index is -0.356. The van der Waals surface area contributed by atoms with Gasteiger partial charge in [0, 0.05) is 17.1 Å². The van der Waals surface area contributed by atoms with Crippen LogP contribution in [0, 0.1) is 5.82 Å². The summed E-state index contributed by atoms with van der Waals surface area (Å²) in [7, 11) is 0. The van der Waals surface area contributed by atoms with Crippen molar-refractivity contribution in [1.29, 1.82) is 0 Å². The number of anilines is 1. The van der Waals surface area contributed by atoms with Gasteiger partial charge in [-0.3, -0.25) is 4.79 Å². The van der Waals surface area contributed by atoms with Crippen molar-refractivity contribution in [3.05, 3.63) is 64.4 Å². The van der Waals surface area contributed by atoms with Gasteiger partial charge in [-0.05, 0) is 33.6 Å². The summed E-state index contributed by atoms with van der Waals surface area (Å²) in [4.78, 5) is 16.3. The van der Waals surface area contributed by atoms with E-state index in [1.165, 1.54) is 6.07 Å². The summed E-state index contributed by atoms with van der Waals surface area (Å²) in [5.74, 6) is 0.000445. The monoisotopic (exact) mass is 391 g/mol. The molecule has 1 amide bonds. The van der Waals surface area contributed by atoms with Crippen LogP contribution in [0.3, 0.4) is 0 Å². The Kier molecular flexibility index (Phi) is 4.78. The van der Waals surface area contributed by atoms with Gasteiger partial charge in [0.2, 0.25) is 11.0 Å². The SMILES string of the molecule is O=C(Cc1ccc(F)c(Br)c1)Nc1nc(-c2ccccc2)ns1. The predicted molar refractivity (Wildman–Crippen MR) is 91.8 cm³/mol. The zero-order chi connectivity index (χ0) is 16.2. The fourth-order valence-corrected chi connectivity index (χ4v) is 3.01. The van der Waals surface area contributed by atoms with Crippen LogP contribution in [0.2, 0.25) is 0 Å². The number of hydrogen-bond donors (Lipinski definition) is 1. The molecule has 116 valence electrons. The molecular formula is C16H11BrFN3OS. The third-order valence-electron chi connectivity index (χ3n) is 3.05. The second-order valence-corrected chi connectivity index (χ2v) is 6.37. The van der Waals surface area contributed by atoms with Crippen molar-refractivity contribution in [2.45, 2.75) is 6.42 Å². The van der Waals surface area contributed by atoms with Crippen LogP contribution in [-0.2, 0) is 11.2 Å². The lowest BCUT2D eigenvalue weighted by Crippen LogP contribution is -2.14. The maximum Gasteiger partial charge on any atom is 0.230 e. The molecule has 0 atom stereocenters. The van der Waals surface area contributed by atoms with Gasteiger partial charge < -0.3 is 5.32 Å². The molecule has 0 aliphatic rings. The predicted octanol–water partition coefficient (Wildman–Crippen LogP) is 4.29. The first-order chi connectivity index (χ1) is 11.1. The molecular weight excluding hydrogens is 381 g/mol. The van der Waals surface area contributed by atoms with Gasteiger partial charge in [0.15, 0.2) is 5.82 Å². The third-order valence-corrected chi connectivity index (χ3v) is 4.29. The molecule has 23 heavy (non-hydrogen) atoms. The first kappa shape index (κ1) is 15.8. The van der Waals surface area contributed by atoms with Crippen LogP contribution in [0.4, 0.5) is 9.52 Å². The lowest BCUT2D eigenvalue weighted by Gasteiger charge is -2.03. The number of rotatable bonds is 4. The normalized spacial score (nSPS) is 10.5. The lowest BCUT2D eigenvalue weighted by atomic mass is 10.1. The number of amides is 1. The Morgan fingerprint density at radius 1 is 1.22 bits per heavy atom. The molecule has 0 aliphatic heterocycles. The highest BCUT2D eigenvalue weighted by Crippen LogP contribution is 2.21. The van der Waals surface area contributed by atoms with Crippen molar-refractivity contribution < 1.29 is 9.18 Å². The molecule has 0 radical (unpaired) electrons. The highest BCUT2D eigenvalue weighted by molar-refractivity contribution is 9.10. The quantitative estimate of drug-likeness (QED) is 0.721. The number of nitrogens with one attached hydrogen (secondary N) is 1. The van der Waals surface area contributed by atoms with E-state index in [-0.39, 0.29) is 18.1 Å². The fraction of sp³-hybridized carbons (Fsp3) is 0.0625. The van der Waals surface area contributed by atoms with Crippen LogP contribution in [0.5, 0.6) is 0 Å².